The summed E-state index contributed by atoms with van der Waals surface area (Å²) in [5.74, 6) is 0.601. The minimum absolute atomic E-state index is 0.186. The van der Waals surface area contributed by atoms with Crippen LogP contribution in [0, 0.1) is 0 Å². The Morgan fingerprint density at radius 3 is 3.08 bits per heavy atom. The number of aryl methyl sites for hydroxylation is 1. The highest BCUT2D eigenvalue weighted by Gasteiger charge is 2.35. The number of amides is 1. The number of aromatic nitrogens is 1. The van der Waals surface area contributed by atoms with Crippen LogP contribution in [0.1, 0.15) is 34.3 Å². The normalized spacial score (nSPS) is 19.2. The van der Waals surface area contributed by atoms with Crippen LogP contribution in [0.3, 0.4) is 0 Å². The summed E-state index contributed by atoms with van der Waals surface area (Å²) in [6.07, 6.45) is 2.41. The van der Waals surface area contributed by atoms with Crippen LogP contribution in [-0.4, -0.2) is 29.7 Å². The first-order chi connectivity index (χ1) is 12.6. The van der Waals surface area contributed by atoms with Gasteiger partial charge in [-0.2, -0.15) is 0 Å². The molecule has 6 heteroatoms. The number of nitrogens with zero attached hydrogens (tertiary/aromatic N) is 1. The fraction of sp³-hybridized carbons (Fsp3) is 0.300. The van der Waals surface area contributed by atoms with Gasteiger partial charge in [-0.25, -0.2) is 4.98 Å². The van der Waals surface area contributed by atoms with E-state index in [0.29, 0.717) is 12.0 Å². The van der Waals surface area contributed by atoms with Crippen LogP contribution < -0.4 is 10.1 Å². The second-order valence-corrected chi connectivity index (χ2v) is 7.51. The van der Waals surface area contributed by atoms with Crippen LogP contribution in [0.15, 0.2) is 41.9 Å². The quantitative estimate of drug-likeness (QED) is 0.741. The van der Waals surface area contributed by atoms with Crippen molar-refractivity contribution in [2.24, 2.45) is 0 Å². The molecule has 1 heterocycles. The second-order valence-electron chi connectivity index (χ2n) is 6.63. The fourth-order valence-electron chi connectivity index (χ4n) is 3.57. The Morgan fingerprint density at radius 1 is 1.35 bits per heavy atom. The maximum Gasteiger partial charge on any atom is 0.251 e. The predicted molar refractivity (Wildman–Crippen MR) is 102 cm³/mol. The molecule has 1 amide bonds. The Labute approximate surface area is 155 Å². The van der Waals surface area contributed by atoms with Gasteiger partial charge in [-0.1, -0.05) is 6.07 Å². The van der Waals surface area contributed by atoms with Crippen LogP contribution in [0.5, 0.6) is 5.75 Å². The average Bonchev–Trinajstić information content (AvgIpc) is 3.14. The molecular weight excluding hydrogens is 348 g/mol. The van der Waals surface area contributed by atoms with Gasteiger partial charge < -0.3 is 15.2 Å². The van der Waals surface area contributed by atoms with Crippen molar-refractivity contribution in [2.45, 2.75) is 24.9 Å². The number of hydrogen-bond acceptors (Lipinski definition) is 5. The third-order valence-corrected chi connectivity index (χ3v) is 5.78. The topological polar surface area (TPSA) is 71.5 Å². The molecule has 26 heavy (non-hydrogen) atoms. The molecule has 1 aliphatic rings. The molecule has 1 aromatic heterocycles. The Balaban J connectivity index is 1.53. The second kappa shape index (κ2) is 6.70. The van der Waals surface area contributed by atoms with Crippen molar-refractivity contribution >= 4 is 27.5 Å². The molecule has 0 spiro atoms. The van der Waals surface area contributed by atoms with E-state index in [9.17, 15) is 9.90 Å². The number of carbonyl (C=O) groups is 1. The molecular formula is C20H20N2O3S. The van der Waals surface area contributed by atoms with Gasteiger partial charge in [0.2, 0.25) is 0 Å². The summed E-state index contributed by atoms with van der Waals surface area (Å²) in [5, 5.41) is 14.1. The zero-order valence-electron chi connectivity index (χ0n) is 14.5. The summed E-state index contributed by atoms with van der Waals surface area (Å²) < 4.78 is 6.26. The smallest absolute Gasteiger partial charge is 0.251 e. The minimum atomic E-state index is -1.05. The van der Waals surface area contributed by atoms with Crippen LogP contribution >= 0.6 is 11.3 Å². The van der Waals surface area contributed by atoms with Crippen LogP contribution in [0.4, 0.5) is 0 Å². The lowest BCUT2D eigenvalue weighted by molar-refractivity contribution is 0.0189. The molecule has 1 atom stereocenters. The van der Waals surface area contributed by atoms with Gasteiger partial charge in [0.05, 0.1) is 29.4 Å². The zero-order chi connectivity index (χ0) is 18.1. The van der Waals surface area contributed by atoms with Crippen molar-refractivity contribution in [1.29, 1.82) is 0 Å². The fourth-order valence-corrected chi connectivity index (χ4v) is 4.29. The number of methoxy groups -OCH3 is 1. The number of rotatable bonds is 4. The molecule has 0 radical (unpaired) electrons. The van der Waals surface area contributed by atoms with Gasteiger partial charge in [-0.05, 0) is 60.7 Å². The highest BCUT2D eigenvalue weighted by atomic mass is 32.1. The molecule has 0 saturated carbocycles. The van der Waals surface area contributed by atoms with E-state index in [0.717, 1.165) is 39.9 Å². The van der Waals surface area contributed by atoms with Gasteiger partial charge in [0, 0.05) is 5.56 Å². The summed E-state index contributed by atoms with van der Waals surface area (Å²) in [6.45, 7) is 0.186. The molecule has 0 fully saturated rings. The highest BCUT2D eigenvalue weighted by molar-refractivity contribution is 7.16. The zero-order valence-corrected chi connectivity index (χ0v) is 15.3. The Kier molecular flexibility index (Phi) is 4.38. The van der Waals surface area contributed by atoms with Crippen molar-refractivity contribution in [3.05, 3.63) is 58.6 Å². The van der Waals surface area contributed by atoms with Crippen molar-refractivity contribution < 1.29 is 14.6 Å². The van der Waals surface area contributed by atoms with Gasteiger partial charge in [0.25, 0.3) is 5.91 Å². The van der Waals surface area contributed by atoms with E-state index in [-0.39, 0.29) is 12.5 Å². The van der Waals surface area contributed by atoms with Gasteiger partial charge in [-0.3, -0.25) is 4.79 Å². The summed E-state index contributed by atoms with van der Waals surface area (Å²) >= 11 is 1.51. The first-order valence-electron chi connectivity index (χ1n) is 8.60. The summed E-state index contributed by atoms with van der Waals surface area (Å²) in [6, 6.07) is 11.2. The highest BCUT2D eigenvalue weighted by Crippen LogP contribution is 2.36. The Bertz CT molecular complexity index is 969. The van der Waals surface area contributed by atoms with Gasteiger partial charge in [0.15, 0.2) is 0 Å². The number of aliphatic hydroxyl groups is 1. The average molecular weight is 368 g/mol. The molecule has 134 valence electrons. The number of carbonyl (C=O) groups excluding carboxylic acids is 1. The number of thiazole rings is 1. The van der Waals surface area contributed by atoms with Crippen molar-refractivity contribution in [2.75, 3.05) is 13.7 Å². The van der Waals surface area contributed by atoms with Gasteiger partial charge in [-0.15, -0.1) is 11.3 Å². The Hall–Kier alpha value is -2.44. The third-order valence-electron chi connectivity index (χ3n) is 4.99. The molecule has 0 bridgehead atoms. The van der Waals surface area contributed by atoms with E-state index in [2.05, 4.69) is 10.3 Å². The number of hydrogen-bond donors (Lipinski definition) is 2. The standard InChI is InChI=1S/C20H20N2O3S/c1-25-15-5-6-16-13(9-15)3-2-8-20(16,24)11-21-19(23)14-4-7-17-18(10-14)26-12-22-17/h4-7,9-10,12,24H,2-3,8,11H2,1H3,(H,21,23)/t20-/m1/s1. The van der Waals surface area contributed by atoms with Crippen molar-refractivity contribution in [1.82, 2.24) is 10.3 Å². The largest absolute Gasteiger partial charge is 0.497 e. The maximum absolute atomic E-state index is 12.5. The predicted octanol–water partition coefficient (Wildman–Crippen LogP) is 3.26. The van der Waals surface area contributed by atoms with Gasteiger partial charge in [0.1, 0.15) is 11.4 Å². The summed E-state index contributed by atoms with van der Waals surface area (Å²) in [5.41, 5.74) is 4.14. The molecule has 5 nitrogen and oxygen atoms in total. The van der Waals surface area contributed by atoms with E-state index >= 15 is 0 Å². The minimum Gasteiger partial charge on any atom is -0.497 e. The molecule has 0 unspecified atom stereocenters. The van der Waals surface area contributed by atoms with Crippen LogP contribution in [0.2, 0.25) is 0 Å². The van der Waals surface area contributed by atoms with Crippen molar-refractivity contribution in [3.8, 4) is 5.75 Å². The Morgan fingerprint density at radius 2 is 2.23 bits per heavy atom. The summed E-state index contributed by atoms with van der Waals surface area (Å²) in [4.78, 5) is 16.8. The van der Waals surface area contributed by atoms with E-state index in [1.54, 1.807) is 18.7 Å². The first kappa shape index (κ1) is 17.0. The lowest BCUT2D eigenvalue weighted by Gasteiger charge is -2.35. The number of fused-ring (bicyclic) bond motifs is 2. The lowest BCUT2D eigenvalue weighted by Crippen LogP contribution is -2.43. The van der Waals surface area contributed by atoms with Crippen LogP contribution in [-0.2, 0) is 12.0 Å². The number of ether oxygens (including phenoxy) is 1. The molecule has 1 aliphatic carbocycles. The van der Waals surface area contributed by atoms with Crippen molar-refractivity contribution in [3.63, 3.8) is 0 Å². The van der Waals surface area contributed by atoms with Crippen LogP contribution in [0.25, 0.3) is 10.2 Å². The van der Waals surface area contributed by atoms with E-state index < -0.39 is 5.60 Å². The number of nitrogens with one attached hydrogen (secondary N) is 1. The maximum atomic E-state index is 12.5. The molecule has 2 aromatic carbocycles. The SMILES string of the molecule is COc1ccc2c(c1)CCC[C@@]2(O)CNC(=O)c1ccc2ncsc2c1. The third kappa shape index (κ3) is 3.06. The lowest BCUT2D eigenvalue weighted by atomic mass is 9.79. The molecule has 2 N–H and O–H groups in total. The monoisotopic (exact) mass is 368 g/mol. The molecule has 3 aromatic rings. The van der Waals surface area contributed by atoms with E-state index in [1.807, 2.05) is 30.3 Å². The summed E-state index contributed by atoms with van der Waals surface area (Å²) in [7, 11) is 1.64. The first-order valence-corrected chi connectivity index (χ1v) is 9.48. The molecule has 0 saturated heterocycles. The molecule has 0 aliphatic heterocycles. The number of benzene rings is 2. The van der Waals surface area contributed by atoms with Gasteiger partial charge >= 0.3 is 0 Å². The molecule has 4 rings (SSSR count). The van der Waals surface area contributed by atoms with E-state index in [4.69, 9.17) is 4.74 Å². The van der Waals surface area contributed by atoms with E-state index in [1.165, 1.54) is 11.3 Å².